The van der Waals surface area contributed by atoms with E-state index in [-0.39, 0.29) is 25.7 Å². The molecule has 17 nitrogen and oxygen atoms in total. The number of rotatable bonds is 75. The van der Waals surface area contributed by atoms with E-state index in [4.69, 9.17) is 37.0 Å². The Hall–Kier alpha value is -1.94. The molecule has 0 amide bonds. The molecule has 0 saturated heterocycles. The van der Waals surface area contributed by atoms with Gasteiger partial charge in [0.15, 0.2) is 12.2 Å². The molecule has 0 aliphatic heterocycles. The highest BCUT2D eigenvalue weighted by Crippen LogP contribution is 2.45. The molecule has 0 fully saturated rings. The van der Waals surface area contributed by atoms with E-state index in [9.17, 15) is 43.2 Å². The molecule has 5 atom stereocenters. The fraction of sp³-hybridized carbons (Fsp3) is 0.947. The van der Waals surface area contributed by atoms with Crippen LogP contribution in [0.4, 0.5) is 0 Å². The molecule has 0 aromatic heterocycles. The van der Waals surface area contributed by atoms with Crippen LogP contribution in [0, 0.1) is 11.8 Å². The first-order valence-electron chi connectivity index (χ1n) is 39.5. The second kappa shape index (κ2) is 67.9. The lowest BCUT2D eigenvalue weighted by Gasteiger charge is -2.21. The molecule has 0 aliphatic rings. The van der Waals surface area contributed by atoms with E-state index < -0.39 is 97.5 Å². The second-order valence-electron chi connectivity index (χ2n) is 28.3. The highest BCUT2D eigenvalue weighted by molar-refractivity contribution is 7.47. The van der Waals surface area contributed by atoms with E-state index in [0.717, 1.165) is 102 Å². The van der Waals surface area contributed by atoms with Crippen molar-refractivity contribution >= 4 is 39.5 Å². The first kappa shape index (κ1) is 93.1. The molecule has 564 valence electrons. The zero-order chi connectivity index (χ0) is 70.0. The Balaban J connectivity index is 5.23. The van der Waals surface area contributed by atoms with Crippen molar-refractivity contribution in [1.29, 1.82) is 0 Å². The Kier molecular flexibility index (Phi) is 66.5. The number of carbonyl (C=O) groups excluding carboxylic acids is 4. The molecule has 0 aromatic rings. The van der Waals surface area contributed by atoms with Gasteiger partial charge in [-0.3, -0.25) is 37.3 Å². The summed E-state index contributed by atoms with van der Waals surface area (Å²) in [6.07, 6.45) is 55.5. The predicted molar refractivity (Wildman–Crippen MR) is 386 cm³/mol. The summed E-state index contributed by atoms with van der Waals surface area (Å²) in [5.74, 6) is -0.633. The number of phosphoric acid groups is 2. The quantitative estimate of drug-likeness (QED) is 0.0222. The summed E-state index contributed by atoms with van der Waals surface area (Å²) < 4.78 is 68.5. The van der Waals surface area contributed by atoms with Crippen molar-refractivity contribution in [1.82, 2.24) is 0 Å². The Morgan fingerprint density at radius 2 is 0.484 bits per heavy atom. The molecular formula is C76H148O17P2. The van der Waals surface area contributed by atoms with E-state index in [1.807, 2.05) is 0 Å². The van der Waals surface area contributed by atoms with E-state index >= 15 is 0 Å². The molecule has 0 aromatic carbocycles. The molecule has 0 aliphatic carbocycles. The number of phosphoric ester groups is 2. The lowest BCUT2D eigenvalue weighted by molar-refractivity contribution is -0.161. The van der Waals surface area contributed by atoms with Gasteiger partial charge >= 0.3 is 39.5 Å². The smallest absolute Gasteiger partial charge is 0.462 e. The van der Waals surface area contributed by atoms with Gasteiger partial charge in [-0.15, -0.1) is 0 Å². The Labute approximate surface area is 581 Å². The van der Waals surface area contributed by atoms with E-state index in [2.05, 4.69) is 41.5 Å². The topological polar surface area (TPSA) is 237 Å². The molecule has 3 N–H and O–H groups in total. The molecule has 95 heavy (non-hydrogen) atoms. The Morgan fingerprint density at radius 1 is 0.284 bits per heavy atom. The monoisotopic (exact) mass is 1400 g/mol. The predicted octanol–water partition coefficient (Wildman–Crippen LogP) is 22.3. The minimum absolute atomic E-state index is 0.107. The van der Waals surface area contributed by atoms with Gasteiger partial charge in [-0.2, -0.15) is 0 Å². The number of unbranched alkanes of at least 4 members (excludes halogenated alkanes) is 45. The second-order valence-corrected chi connectivity index (χ2v) is 31.3. The van der Waals surface area contributed by atoms with Crippen molar-refractivity contribution in [2.75, 3.05) is 39.6 Å². The molecule has 0 bridgehead atoms. The molecule has 0 heterocycles. The van der Waals surface area contributed by atoms with E-state index in [0.29, 0.717) is 31.6 Å². The van der Waals surface area contributed by atoms with Gasteiger partial charge in [0.25, 0.3) is 0 Å². The lowest BCUT2D eigenvalue weighted by atomic mass is 10.0. The number of hydrogen-bond acceptors (Lipinski definition) is 15. The van der Waals surface area contributed by atoms with Crippen LogP contribution in [0.2, 0.25) is 0 Å². The standard InChI is InChI=1S/C76H148O17P2/c1-7-9-11-13-15-17-19-21-27-31-35-39-46-52-58-73(78)86-64-71(92-75(80)61-55-49-41-37-33-29-25-23-24-26-30-34-38-44-50-56-68(3)4)66-90-94(82,83)88-62-70(77)63-89-95(84,85)91-67-72(65-87-74(79)59-53-47-43-42-45-51-57-69(5)6)93-76(81)60-54-48-40-36-32-28-22-20-18-16-14-12-10-8-2/h68-72,77H,7-67H2,1-6H3,(H,82,83)(H,84,85)/t70-,71-,72-/m1/s1. The highest BCUT2D eigenvalue weighted by atomic mass is 31.2. The average Bonchev–Trinajstić information content (AvgIpc) is 3.15. The minimum Gasteiger partial charge on any atom is -0.462 e. The molecular weight excluding hydrogens is 1250 g/mol. The maximum atomic E-state index is 13.1. The van der Waals surface area contributed by atoms with Crippen molar-refractivity contribution in [3.8, 4) is 0 Å². The van der Waals surface area contributed by atoms with Gasteiger partial charge in [-0.05, 0) is 37.5 Å². The van der Waals surface area contributed by atoms with Crippen LogP contribution in [0.1, 0.15) is 395 Å². The van der Waals surface area contributed by atoms with Gasteiger partial charge < -0.3 is 33.8 Å². The summed E-state index contributed by atoms with van der Waals surface area (Å²) in [6, 6.07) is 0. The van der Waals surface area contributed by atoms with Gasteiger partial charge in [-0.25, -0.2) is 9.13 Å². The summed E-state index contributed by atoms with van der Waals surface area (Å²) in [7, 11) is -9.91. The molecule has 0 radical (unpaired) electrons. The number of hydrogen-bond donors (Lipinski definition) is 3. The van der Waals surface area contributed by atoms with Crippen molar-refractivity contribution in [2.24, 2.45) is 11.8 Å². The summed E-state index contributed by atoms with van der Waals surface area (Å²) in [6.45, 7) is 9.55. The molecule has 0 spiro atoms. The van der Waals surface area contributed by atoms with Crippen LogP contribution in [0.3, 0.4) is 0 Å². The number of ether oxygens (including phenoxy) is 4. The summed E-state index contributed by atoms with van der Waals surface area (Å²) >= 11 is 0. The van der Waals surface area contributed by atoms with Crippen LogP contribution in [-0.4, -0.2) is 96.7 Å². The fourth-order valence-corrected chi connectivity index (χ4v) is 13.2. The van der Waals surface area contributed by atoms with Crippen molar-refractivity contribution in [3.05, 3.63) is 0 Å². The zero-order valence-corrected chi connectivity index (χ0v) is 63.8. The zero-order valence-electron chi connectivity index (χ0n) is 62.0. The summed E-state index contributed by atoms with van der Waals surface area (Å²) in [4.78, 5) is 72.8. The first-order valence-corrected chi connectivity index (χ1v) is 42.5. The van der Waals surface area contributed by atoms with Gasteiger partial charge in [0.2, 0.25) is 0 Å². The molecule has 2 unspecified atom stereocenters. The van der Waals surface area contributed by atoms with Crippen LogP contribution < -0.4 is 0 Å². The Bertz CT molecular complexity index is 1840. The minimum atomic E-state index is -4.96. The van der Waals surface area contributed by atoms with Crippen LogP contribution in [0.5, 0.6) is 0 Å². The first-order chi connectivity index (χ1) is 45.9. The fourth-order valence-electron chi connectivity index (χ4n) is 11.7. The summed E-state index contributed by atoms with van der Waals surface area (Å²) in [5, 5.41) is 10.6. The van der Waals surface area contributed by atoms with Crippen molar-refractivity contribution in [2.45, 2.75) is 413 Å². The highest BCUT2D eigenvalue weighted by Gasteiger charge is 2.30. The molecule has 19 heteroatoms. The van der Waals surface area contributed by atoms with E-state index in [1.54, 1.807) is 0 Å². The van der Waals surface area contributed by atoms with Crippen LogP contribution >= 0.6 is 15.6 Å². The van der Waals surface area contributed by atoms with Crippen LogP contribution in [0.25, 0.3) is 0 Å². The van der Waals surface area contributed by atoms with Gasteiger partial charge in [0.05, 0.1) is 26.4 Å². The lowest BCUT2D eigenvalue weighted by Crippen LogP contribution is -2.30. The van der Waals surface area contributed by atoms with Gasteiger partial charge in [-0.1, -0.05) is 343 Å². The van der Waals surface area contributed by atoms with Crippen LogP contribution in [-0.2, 0) is 65.4 Å². The number of aliphatic hydroxyl groups is 1. The Morgan fingerprint density at radius 3 is 0.716 bits per heavy atom. The maximum absolute atomic E-state index is 13.1. The summed E-state index contributed by atoms with van der Waals surface area (Å²) in [5.41, 5.74) is 0. The number of carbonyl (C=O) groups is 4. The number of aliphatic hydroxyl groups excluding tert-OH is 1. The number of esters is 4. The van der Waals surface area contributed by atoms with E-state index in [1.165, 1.54) is 205 Å². The normalized spacial score (nSPS) is 14.0. The third-order valence-corrected chi connectivity index (χ3v) is 19.6. The maximum Gasteiger partial charge on any atom is 0.472 e. The molecule has 0 saturated carbocycles. The molecule has 0 rings (SSSR count). The third kappa shape index (κ3) is 70.3. The van der Waals surface area contributed by atoms with Gasteiger partial charge in [0, 0.05) is 25.7 Å². The van der Waals surface area contributed by atoms with Gasteiger partial charge in [0.1, 0.15) is 19.3 Å². The largest absolute Gasteiger partial charge is 0.472 e. The average molecular weight is 1400 g/mol. The third-order valence-electron chi connectivity index (χ3n) is 17.7. The SMILES string of the molecule is CCCCCCCCCCCCCCCCC(=O)OC[C@H](COP(=O)(O)OC[C@@H](O)COP(=O)(O)OC[C@@H](COC(=O)CCCCCCCCC(C)C)OC(=O)CCCCCCCCCCCCCCCC)OC(=O)CCCCCCCCCCCCCCCCCC(C)C. The van der Waals surface area contributed by atoms with Crippen molar-refractivity contribution in [3.63, 3.8) is 0 Å². The van der Waals surface area contributed by atoms with Crippen molar-refractivity contribution < 1.29 is 80.2 Å². The van der Waals surface area contributed by atoms with Crippen LogP contribution in [0.15, 0.2) is 0 Å².